The van der Waals surface area contributed by atoms with Crippen LogP contribution in [-0.2, 0) is 0 Å². The van der Waals surface area contributed by atoms with Crippen LogP contribution in [0.15, 0.2) is 53.0 Å². The lowest BCUT2D eigenvalue weighted by Crippen LogP contribution is -1.98. The predicted molar refractivity (Wildman–Crippen MR) is 104 cm³/mol. The van der Waals surface area contributed by atoms with Gasteiger partial charge < -0.3 is 4.74 Å². The van der Waals surface area contributed by atoms with Gasteiger partial charge in [-0.3, -0.25) is 0 Å². The summed E-state index contributed by atoms with van der Waals surface area (Å²) in [6, 6.07) is 16.9. The van der Waals surface area contributed by atoms with Crippen molar-refractivity contribution < 1.29 is 4.74 Å². The van der Waals surface area contributed by atoms with E-state index < -0.39 is 0 Å². The van der Waals surface area contributed by atoms with Gasteiger partial charge in [0.25, 0.3) is 0 Å². The molecule has 3 rings (SSSR count). The lowest BCUT2D eigenvalue weighted by atomic mass is 9.98. The van der Waals surface area contributed by atoms with Gasteiger partial charge in [0.2, 0.25) is 5.88 Å². The number of hydrogen-bond acceptors (Lipinski definition) is 3. The van der Waals surface area contributed by atoms with Crippen molar-refractivity contribution in [2.75, 3.05) is 7.11 Å². The van der Waals surface area contributed by atoms with E-state index in [0.29, 0.717) is 32.4 Å². The number of nitrogens with zero attached hydrogens (tertiary/aromatic N) is 2. The number of halogens is 3. The fourth-order valence-corrected chi connectivity index (χ4v) is 3.24. The predicted octanol–water partition coefficient (Wildman–Crippen LogP) is 6.37. The van der Waals surface area contributed by atoms with Crippen LogP contribution in [0.4, 0.5) is 0 Å². The zero-order valence-electron chi connectivity index (χ0n) is 13.1. The quantitative estimate of drug-likeness (QED) is 0.482. The molecule has 3 aromatic rings. The number of hydrogen-bond donors (Lipinski definition) is 0. The monoisotopic (exact) mass is 432 g/mol. The minimum absolute atomic E-state index is 0.254. The van der Waals surface area contributed by atoms with Gasteiger partial charge in [0.1, 0.15) is 11.6 Å². The molecule has 0 radical (unpaired) electrons. The normalized spacial score (nSPS) is 10.4. The molecule has 6 heteroatoms. The van der Waals surface area contributed by atoms with E-state index in [9.17, 15) is 5.26 Å². The van der Waals surface area contributed by atoms with E-state index in [1.54, 1.807) is 18.2 Å². The third kappa shape index (κ3) is 3.64. The van der Waals surface area contributed by atoms with Crippen LogP contribution in [0, 0.1) is 11.3 Å². The van der Waals surface area contributed by atoms with Crippen molar-refractivity contribution in [1.29, 1.82) is 5.26 Å². The summed E-state index contributed by atoms with van der Waals surface area (Å²) in [5.41, 5.74) is 3.25. The van der Waals surface area contributed by atoms with Crippen LogP contribution in [0.25, 0.3) is 22.4 Å². The summed E-state index contributed by atoms with van der Waals surface area (Å²) >= 11 is 15.8. The van der Waals surface area contributed by atoms with Gasteiger partial charge in [-0.25, -0.2) is 4.98 Å². The largest absolute Gasteiger partial charge is 0.480 e. The third-order valence-corrected chi connectivity index (χ3v) is 4.73. The molecule has 0 atom stereocenters. The highest BCUT2D eigenvalue weighted by molar-refractivity contribution is 9.10. The van der Waals surface area contributed by atoms with E-state index >= 15 is 0 Å². The molecule has 0 spiro atoms. The van der Waals surface area contributed by atoms with Crippen molar-refractivity contribution in [1.82, 2.24) is 4.98 Å². The van der Waals surface area contributed by atoms with Crippen molar-refractivity contribution in [3.8, 4) is 34.3 Å². The van der Waals surface area contributed by atoms with Gasteiger partial charge in [0.15, 0.2) is 0 Å². The molecular formula is C19H11BrCl2N2O. The average molecular weight is 434 g/mol. The molecule has 0 aliphatic carbocycles. The number of aromatic nitrogens is 1. The molecule has 25 heavy (non-hydrogen) atoms. The van der Waals surface area contributed by atoms with Gasteiger partial charge in [-0.05, 0) is 30.3 Å². The minimum Gasteiger partial charge on any atom is -0.480 e. The Bertz CT molecular complexity index is 982. The fourth-order valence-electron chi connectivity index (χ4n) is 2.47. The molecule has 0 fully saturated rings. The summed E-state index contributed by atoms with van der Waals surface area (Å²) in [5, 5.41) is 10.6. The highest BCUT2D eigenvalue weighted by Gasteiger charge is 2.17. The summed E-state index contributed by atoms with van der Waals surface area (Å²) in [6.45, 7) is 0. The van der Waals surface area contributed by atoms with Gasteiger partial charge in [-0.15, -0.1) is 0 Å². The Morgan fingerprint density at radius 2 is 1.76 bits per heavy atom. The fraction of sp³-hybridized carbons (Fsp3) is 0.0526. The molecular weight excluding hydrogens is 423 g/mol. The zero-order valence-corrected chi connectivity index (χ0v) is 16.2. The first-order chi connectivity index (χ1) is 12.0. The maximum atomic E-state index is 9.59. The Balaban J connectivity index is 2.27. The standard InChI is InChI=1S/C19H11BrCl2N2O/c1-25-19-16(10-23)15(14-7-6-13(21)8-17(14)22)9-18(24-19)11-2-4-12(20)5-3-11/h2-9H,1H3. The molecule has 2 aromatic carbocycles. The molecule has 0 aliphatic heterocycles. The highest BCUT2D eigenvalue weighted by atomic mass is 79.9. The Kier molecular flexibility index (Phi) is 5.29. The summed E-state index contributed by atoms with van der Waals surface area (Å²) in [5.74, 6) is 0.254. The van der Waals surface area contributed by atoms with E-state index in [-0.39, 0.29) is 5.88 Å². The lowest BCUT2D eigenvalue weighted by Gasteiger charge is -2.13. The summed E-state index contributed by atoms with van der Waals surface area (Å²) in [7, 11) is 1.49. The summed E-state index contributed by atoms with van der Waals surface area (Å²) in [4.78, 5) is 4.47. The second-order valence-corrected chi connectivity index (χ2v) is 6.94. The number of nitriles is 1. The van der Waals surface area contributed by atoms with Crippen LogP contribution in [0.2, 0.25) is 10.0 Å². The molecule has 0 saturated heterocycles. The molecule has 0 unspecified atom stereocenters. The Labute approximate surface area is 163 Å². The van der Waals surface area contributed by atoms with Crippen LogP contribution in [0.5, 0.6) is 5.88 Å². The summed E-state index contributed by atoms with van der Waals surface area (Å²) < 4.78 is 6.31. The molecule has 3 nitrogen and oxygen atoms in total. The molecule has 0 N–H and O–H groups in total. The van der Waals surface area contributed by atoms with Crippen molar-refractivity contribution in [3.05, 3.63) is 68.6 Å². The van der Waals surface area contributed by atoms with Crippen LogP contribution in [0.1, 0.15) is 5.56 Å². The van der Waals surface area contributed by atoms with E-state index in [4.69, 9.17) is 27.9 Å². The van der Waals surface area contributed by atoms with Crippen molar-refractivity contribution in [2.45, 2.75) is 0 Å². The molecule has 124 valence electrons. The van der Waals surface area contributed by atoms with Crippen LogP contribution < -0.4 is 4.74 Å². The van der Waals surface area contributed by atoms with Gasteiger partial charge in [0, 0.05) is 31.2 Å². The number of pyridine rings is 1. The molecule has 0 aliphatic rings. The van der Waals surface area contributed by atoms with Crippen molar-refractivity contribution >= 4 is 39.1 Å². The van der Waals surface area contributed by atoms with Gasteiger partial charge in [-0.2, -0.15) is 5.26 Å². The Hall–Kier alpha value is -2.06. The van der Waals surface area contributed by atoms with Crippen molar-refractivity contribution in [2.24, 2.45) is 0 Å². The first-order valence-corrected chi connectivity index (χ1v) is 8.79. The number of ether oxygens (including phenoxy) is 1. The van der Waals surface area contributed by atoms with Crippen LogP contribution in [-0.4, -0.2) is 12.1 Å². The third-order valence-electron chi connectivity index (χ3n) is 3.65. The zero-order chi connectivity index (χ0) is 18.0. The molecule has 0 bridgehead atoms. The van der Waals surface area contributed by atoms with E-state index in [1.807, 2.05) is 30.3 Å². The summed E-state index contributed by atoms with van der Waals surface area (Å²) in [6.07, 6.45) is 0. The molecule has 0 amide bonds. The van der Waals surface area contributed by atoms with Crippen LogP contribution >= 0.6 is 39.1 Å². The maximum absolute atomic E-state index is 9.59. The average Bonchev–Trinajstić information content (AvgIpc) is 2.61. The SMILES string of the molecule is COc1nc(-c2ccc(Br)cc2)cc(-c2ccc(Cl)cc2Cl)c1C#N. The van der Waals surface area contributed by atoms with Gasteiger partial charge in [0.05, 0.1) is 12.8 Å². The second kappa shape index (κ2) is 7.45. The van der Waals surface area contributed by atoms with Crippen LogP contribution in [0.3, 0.4) is 0 Å². The highest BCUT2D eigenvalue weighted by Crippen LogP contribution is 2.37. The smallest absolute Gasteiger partial charge is 0.232 e. The lowest BCUT2D eigenvalue weighted by molar-refractivity contribution is 0.397. The molecule has 0 saturated carbocycles. The Morgan fingerprint density at radius 1 is 1.04 bits per heavy atom. The minimum atomic E-state index is 0.254. The van der Waals surface area contributed by atoms with E-state index in [0.717, 1.165) is 10.0 Å². The van der Waals surface area contributed by atoms with E-state index in [2.05, 4.69) is 27.0 Å². The molecule has 1 heterocycles. The maximum Gasteiger partial charge on any atom is 0.232 e. The van der Waals surface area contributed by atoms with Gasteiger partial charge in [-0.1, -0.05) is 57.3 Å². The number of methoxy groups -OCH3 is 1. The number of rotatable bonds is 3. The van der Waals surface area contributed by atoms with Crippen molar-refractivity contribution in [3.63, 3.8) is 0 Å². The second-order valence-electron chi connectivity index (χ2n) is 5.18. The molecule has 1 aromatic heterocycles. The van der Waals surface area contributed by atoms with E-state index in [1.165, 1.54) is 7.11 Å². The first kappa shape index (κ1) is 17.8. The van der Waals surface area contributed by atoms with Gasteiger partial charge >= 0.3 is 0 Å². The Morgan fingerprint density at radius 3 is 2.36 bits per heavy atom. The number of benzene rings is 2. The topological polar surface area (TPSA) is 45.9 Å². The first-order valence-electron chi connectivity index (χ1n) is 7.24.